The maximum atomic E-state index is 11.7. The number of carbonyl (C=O) groups excluding carboxylic acids is 1. The van der Waals surface area contributed by atoms with Gasteiger partial charge in [0.2, 0.25) is 0 Å². The molecule has 0 heterocycles. The Morgan fingerprint density at radius 1 is 1.44 bits per heavy atom. The van der Waals surface area contributed by atoms with Crippen molar-refractivity contribution >= 4 is 29.1 Å². The fraction of sp³-hybridized carbons (Fsp3) is 0.417. The summed E-state index contributed by atoms with van der Waals surface area (Å²) in [5, 5.41) is 9.68. The van der Waals surface area contributed by atoms with E-state index in [0.717, 1.165) is 0 Å². The summed E-state index contributed by atoms with van der Waals surface area (Å²) in [4.78, 5) is 13.2. The van der Waals surface area contributed by atoms with Crippen molar-refractivity contribution in [2.24, 2.45) is 0 Å². The van der Waals surface area contributed by atoms with Gasteiger partial charge in [0.15, 0.2) is 6.61 Å². The lowest BCUT2D eigenvalue weighted by atomic mass is 10.3. The molecule has 0 aliphatic carbocycles. The second-order valence-corrected chi connectivity index (χ2v) is 4.40. The molecule has 1 amide bonds. The lowest BCUT2D eigenvalue weighted by Crippen LogP contribution is -2.36. The fourth-order valence-corrected chi connectivity index (χ4v) is 1.87. The van der Waals surface area contributed by atoms with Gasteiger partial charge in [0.05, 0.1) is 11.6 Å². The van der Waals surface area contributed by atoms with Crippen molar-refractivity contribution in [1.29, 1.82) is 0 Å². The van der Waals surface area contributed by atoms with Gasteiger partial charge in [-0.3, -0.25) is 4.79 Å². The van der Waals surface area contributed by atoms with Gasteiger partial charge in [-0.2, -0.15) is 0 Å². The van der Waals surface area contributed by atoms with Crippen LogP contribution in [-0.4, -0.2) is 42.2 Å². The largest absolute Gasteiger partial charge is 0.482 e. The van der Waals surface area contributed by atoms with Gasteiger partial charge in [-0.05, 0) is 25.1 Å². The molecule has 18 heavy (non-hydrogen) atoms. The standard InChI is InChI=1S/C12H15Cl2NO3/c1-2-15(5-6-16)12(17)8-18-11-4-3-9(13)7-10(11)14/h3-4,7,16H,2,5-6,8H2,1H3. The second kappa shape index (κ2) is 7.46. The molecule has 1 aromatic carbocycles. The molecular weight excluding hydrogens is 277 g/mol. The Kier molecular flexibility index (Phi) is 6.25. The average Bonchev–Trinajstić information content (AvgIpc) is 2.34. The first-order valence-electron chi connectivity index (χ1n) is 5.55. The Morgan fingerprint density at radius 3 is 2.72 bits per heavy atom. The van der Waals surface area contributed by atoms with Crippen molar-refractivity contribution in [3.05, 3.63) is 28.2 Å². The lowest BCUT2D eigenvalue weighted by molar-refractivity contribution is -0.133. The summed E-state index contributed by atoms with van der Waals surface area (Å²) in [6, 6.07) is 4.80. The van der Waals surface area contributed by atoms with Crippen molar-refractivity contribution in [1.82, 2.24) is 4.90 Å². The highest BCUT2D eigenvalue weighted by molar-refractivity contribution is 6.35. The van der Waals surface area contributed by atoms with Crippen molar-refractivity contribution < 1.29 is 14.6 Å². The van der Waals surface area contributed by atoms with Crippen LogP contribution in [0.15, 0.2) is 18.2 Å². The van der Waals surface area contributed by atoms with E-state index in [4.69, 9.17) is 33.0 Å². The second-order valence-electron chi connectivity index (χ2n) is 3.56. The van der Waals surface area contributed by atoms with E-state index in [1.807, 2.05) is 6.92 Å². The van der Waals surface area contributed by atoms with Gasteiger partial charge in [-0.15, -0.1) is 0 Å². The number of hydrogen-bond acceptors (Lipinski definition) is 3. The van der Waals surface area contributed by atoms with Crippen LogP contribution in [0.1, 0.15) is 6.92 Å². The average molecular weight is 292 g/mol. The Labute approximate surface area is 116 Å². The Bertz CT molecular complexity index is 412. The molecule has 0 aromatic heterocycles. The quantitative estimate of drug-likeness (QED) is 0.874. The van der Waals surface area contributed by atoms with Crippen LogP contribution in [0.4, 0.5) is 0 Å². The van der Waals surface area contributed by atoms with Gasteiger partial charge in [-0.1, -0.05) is 23.2 Å². The molecule has 0 aliphatic rings. The van der Waals surface area contributed by atoms with Gasteiger partial charge < -0.3 is 14.7 Å². The molecule has 0 unspecified atom stereocenters. The van der Waals surface area contributed by atoms with Gasteiger partial charge in [0.1, 0.15) is 5.75 Å². The highest BCUT2D eigenvalue weighted by Crippen LogP contribution is 2.27. The smallest absolute Gasteiger partial charge is 0.260 e. The Balaban J connectivity index is 2.56. The molecular formula is C12H15Cl2NO3. The number of nitrogens with zero attached hydrogens (tertiary/aromatic N) is 1. The molecule has 6 heteroatoms. The minimum absolute atomic E-state index is 0.0682. The summed E-state index contributed by atoms with van der Waals surface area (Å²) in [6.45, 7) is 2.48. The molecule has 0 spiro atoms. The minimum atomic E-state index is -0.197. The van der Waals surface area contributed by atoms with E-state index in [9.17, 15) is 4.79 Å². The monoisotopic (exact) mass is 291 g/mol. The molecule has 0 bridgehead atoms. The van der Waals surface area contributed by atoms with Crippen LogP contribution in [0.3, 0.4) is 0 Å². The number of rotatable bonds is 6. The normalized spacial score (nSPS) is 10.2. The van der Waals surface area contributed by atoms with E-state index in [-0.39, 0.29) is 19.1 Å². The molecule has 1 rings (SSSR count). The topological polar surface area (TPSA) is 49.8 Å². The Hall–Kier alpha value is -0.970. The van der Waals surface area contributed by atoms with Crippen LogP contribution in [0.25, 0.3) is 0 Å². The third-order valence-electron chi connectivity index (χ3n) is 2.35. The van der Waals surface area contributed by atoms with Crippen molar-refractivity contribution in [3.63, 3.8) is 0 Å². The maximum absolute atomic E-state index is 11.7. The number of amides is 1. The van der Waals surface area contributed by atoms with Crippen molar-refractivity contribution in [2.75, 3.05) is 26.3 Å². The third-order valence-corrected chi connectivity index (χ3v) is 2.88. The molecule has 0 fully saturated rings. The highest BCUT2D eigenvalue weighted by atomic mass is 35.5. The molecule has 0 saturated carbocycles. The first-order chi connectivity index (χ1) is 8.58. The fourth-order valence-electron chi connectivity index (χ4n) is 1.40. The highest BCUT2D eigenvalue weighted by Gasteiger charge is 2.12. The van der Waals surface area contributed by atoms with Gasteiger partial charge in [0.25, 0.3) is 5.91 Å². The zero-order valence-electron chi connectivity index (χ0n) is 10.0. The number of likely N-dealkylation sites (N-methyl/N-ethyl adjacent to an activating group) is 1. The van der Waals surface area contributed by atoms with Crippen LogP contribution in [-0.2, 0) is 4.79 Å². The van der Waals surface area contributed by atoms with E-state index in [1.54, 1.807) is 18.2 Å². The lowest BCUT2D eigenvalue weighted by Gasteiger charge is -2.19. The van der Waals surface area contributed by atoms with E-state index in [1.165, 1.54) is 4.90 Å². The van der Waals surface area contributed by atoms with Gasteiger partial charge >= 0.3 is 0 Å². The predicted octanol–water partition coefficient (Wildman–Crippen LogP) is 2.21. The molecule has 0 atom stereocenters. The summed E-state index contributed by atoms with van der Waals surface area (Å²) in [6.07, 6.45) is 0. The summed E-state index contributed by atoms with van der Waals surface area (Å²) in [5.41, 5.74) is 0. The zero-order chi connectivity index (χ0) is 13.5. The number of hydrogen-bond donors (Lipinski definition) is 1. The number of aliphatic hydroxyl groups is 1. The zero-order valence-corrected chi connectivity index (χ0v) is 11.5. The van der Waals surface area contributed by atoms with Crippen LogP contribution >= 0.6 is 23.2 Å². The SMILES string of the molecule is CCN(CCO)C(=O)COc1ccc(Cl)cc1Cl. The molecule has 100 valence electrons. The van der Waals surface area contributed by atoms with Crippen molar-refractivity contribution in [3.8, 4) is 5.75 Å². The molecule has 4 nitrogen and oxygen atoms in total. The molecule has 0 saturated heterocycles. The number of ether oxygens (including phenoxy) is 1. The van der Waals surface area contributed by atoms with Crippen LogP contribution in [0.2, 0.25) is 10.0 Å². The summed E-state index contributed by atoms with van der Waals surface area (Å²) >= 11 is 11.7. The van der Waals surface area contributed by atoms with E-state index >= 15 is 0 Å². The third kappa shape index (κ3) is 4.37. The van der Waals surface area contributed by atoms with Crippen LogP contribution in [0.5, 0.6) is 5.75 Å². The number of aliphatic hydroxyl groups excluding tert-OH is 1. The summed E-state index contributed by atoms with van der Waals surface area (Å²) < 4.78 is 5.32. The number of carbonyl (C=O) groups is 1. The minimum Gasteiger partial charge on any atom is -0.482 e. The molecule has 0 radical (unpaired) electrons. The predicted molar refractivity (Wildman–Crippen MR) is 71.3 cm³/mol. The number of benzene rings is 1. The van der Waals surface area contributed by atoms with Crippen LogP contribution < -0.4 is 4.74 Å². The van der Waals surface area contributed by atoms with Crippen molar-refractivity contribution in [2.45, 2.75) is 6.92 Å². The molecule has 1 N–H and O–H groups in total. The van der Waals surface area contributed by atoms with E-state index < -0.39 is 0 Å². The Morgan fingerprint density at radius 2 is 2.17 bits per heavy atom. The van der Waals surface area contributed by atoms with Crippen LogP contribution in [0, 0.1) is 0 Å². The summed E-state index contributed by atoms with van der Waals surface area (Å²) in [5.74, 6) is 0.215. The first-order valence-corrected chi connectivity index (χ1v) is 6.30. The maximum Gasteiger partial charge on any atom is 0.260 e. The molecule has 1 aromatic rings. The first kappa shape index (κ1) is 15.1. The number of halogens is 2. The summed E-state index contributed by atoms with van der Waals surface area (Å²) in [7, 11) is 0. The van der Waals surface area contributed by atoms with Gasteiger partial charge in [-0.25, -0.2) is 0 Å². The molecule has 0 aliphatic heterocycles. The van der Waals surface area contributed by atoms with E-state index in [2.05, 4.69) is 0 Å². The van der Waals surface area contributed by atoms with E-state index in [0.29, 0.717) is 28.9 Å². The van der Waals surface area contributed by atoms with Gasteiger partial charge in [0, 0.05) is 18.1 Å².